The molecule has 2 amide bonds. The standard InChI is InChI=1S/C27H33N5O/c1-6-23-21(5)28-25(22-9-7-8-18(2)17-22)30-26(23)31-12-14-32(15-13-31)27(33)29-24-11-10-19(3)16-20(24)4/h7-11,16-17H,6,12-15H2,1-5H3,(H,29,33). The number of carbonyl (C=O) groups excluding carboxylic acids is 1. The van der Waals surface area contributed by atoms with Crippen LogP contribution in [-0.2, 0) is 6.42 Å². The van der Waals surface area contributed by atoms with Gasteiger partial charge in [-0.2, -0.15) is 0 Å². The average Bonchev–Trinajstić information content (AvgIpc) is 2.80. The van der Waals surface area contributed by atoms with Crippen LogP contribution in [0.15, 0.2) is 42.5 Å². The predicted octanol–water partition coefficient (Wildman–Crippen LogP) is 5.29. The van der Waals surface area contributed by atoms with Crippen LogP contribution in [0.25, 0.3) is 11.4 Å². The number of anilines is 2. The summed E-state index contributed by atoms with van der Waals surface area (Å²) in [5.74, 6) is 1.76. The Hall–Kier alpha value is -3.41. The number of urea groups is 1. The van der Waals surface area contributed by atoms with Gasteiger partial charge in [-0.05, 0) is 51.8 Å². The highest BCUT2D eigenvalue weighted by molar-refractivity contribution is 5.90. The minimum Gasteiger partial charge on any atom is -0.353 e. The Morgan fingerprint density at radius 3 is 2.33 bits per heavy atom. The van der Waals surface area contributed by atoms with Crippen molar-refractivity contribution >= 4 is 17.5 Å². The van der Waals surface area contributed by atoms with Gasteiger partial charge in [0.25, 0.3) is 0 Å². The summed E-state index contributed by atoms with van der Waals surface area (Å²) in [4.78, 5) is 26.8. The molecule has 0 atom stereocenters. The van der Waals surface area contributed by atoms with Crippen LogP contribution in [0.1, 0.15) is 34.9 Å². The van der Waals surface area contributed by atoms with Crippen LogP contribution >= 0.6 is 0 Å². The molecular weight excluding hydrogens is 410 g/mol. The van der Waals surface area contributed by atoms with Gasteiger partial charge >= 0.3 is 6.03 Å². The summed E-state index contributed by atoms with van der Waals surface area (Å²) < 4.78 is 0. The zero-order chi connectivity index (χ0) is 23.5. The number of nitrogens with zero attached hydrogens (tertiary/aromatic N) is 4. The topological polar surface area (TPSA) is 61.4 Å². The highest BCUT2D eigenvalue weighted by atomic mass is 16.2. The van der Waals surface area contributed by atoms with E-state index >= 15 is 0 Å². The van der Waals surface area contributed by atoms with E-state index < -0.39 is 0 Å². The molecule has 6 nitrogen and oxygen atoms in total. The molecule has 1 saturated heterocycles. The first-order chi connectivity index (χ1) is 15.9. The monoisotopic (exact) mass is 443 g/mol. The average molecular weight is 444 g/mol. The minimum atomic E-state index is -0.0448. The normalized spacial score (nSPS) is 13.8. The van der Waals surface area contributed by atoms with Gasteiger partial charge in [-0.15, -0.1) is 0 Å². The Labute approximate surface area is 196 Å². The number of aromatic nitrogens is 2. The molecule has 1 fully saturated rings. The van der Waals surface area contributed by atoms with Crippen molar-refractivity contribution in [2.24, 2.45) is 0 Å². The number of nitrogens with one attached hydrogen (secondary N) is 1. The van der Waals surface area contributed by atoms with Crippen LogP contribution in [-0.4, -0.2) is 47.1 Å². The summed E-state index contributed by atoms with van der Waals surface area (Å²) in [5.41, 5.74) is 7.57. The maximum absolute atomic E-state index is 12.9. The van der Waals surface area contributed by atoms with Crippen molar-refractivity contribution in [1.82, 2.24) is 14.9 Å². The lowest BCUT2D eigenvalue weighted by Crippen LogP contribution is -2.50. The van der Waals surface area contributed by atoms with Crippen molar-refractivity contribution in [2.75, 3.05) is 36.4 Å². The van der Waals surface area contributed by atoms with E-state index in [0.29, 0.717) is 13.1 Å². The van der Waals surface area contributed by atoms with Crippen LogP contribution in [0.3, 0.4) is 0 Å². The van der Waals surface area contributed by atoms with Crippen LogP contribution in [0, 0.1) is 27.7 Å². The van der Waals surface area contributed by atoms with Gasteiger partial charge in [0.15, 0.2) is 5.82 Å². The molecule has 1 N–H and O–H groups in total. The summed E-state index contributed by atoms with van der Waals surface area (Å²) >= 11 is 0. The predicted molar refractivity (Wildman–Crippen MR) is 135 cm³/mol. The van der Waals surface area contributed by atoms with Crippen LogP contribution in [0.5, 0.6) is 0 Å². The van der Waals surface area contributed by atoms with Crippen LogP contribution < -0.4 is 10.2 Å². The molecule has 2 heterocycles. The van der Waals surface area contributed by atoms with Crippen LogP contribution in [0.4, 0.5) is 16.3 Å². The van der Waals surface area contributed by atoms with E-state index in [0.717, 1.165) is 53.7 Å². The fraction of sp³-hybridized carbons (Fsp3) is 0.370. The number of hydrogen-bond donors (Lipinski definition) is 1. The van der Waals surface area contributed by atoms with Gasteiger partial charge in [0.05, 0.1) is 0 Å². The Bertz CT molecular complexity index is 1170. The second-order valence-electron chi connectivity index (χ2n) is 8.88. The van der Waals surface area contributed by atoms with Gasteiger partial charge in [0.2, 0.25) is 0 Å². The molecule has 3 aromatic rings. The number of piperazine rings is 1. The second kappa shape index (κ2) is 9.61. The lowest BCUT2D eigenvalue weighted by molar-refractivity contribution is 0.208. The van der Waals surface area contributed by atoms with Gasteiger partial charge in [0.1, 0.15) is 5.82 Å². The number of carbonyl (C=O) groups is 1. The summed E-state index contributed by atoms with van der Waals surface area (Å²) in [6.07, 6.45) is 0.878. The zero-order valence-corrected chi connectivity index (χ0v) is 20.3. The van der Waals surface area contributed by atoms with Crippen molar-refractivity contribution < 1.29 is 4.79 Å². The summed E-state index contributed by atoms with van der Waals surface area (Å²) in [5, 5.41) is 3.07. The zero-order valence-electron chi connectivity index (χ0n) is 20.3. The van der Waals surface area contributed by atoms with Crippen molar-refractivity contribution in [3.8, 4) is 11.4 Å². The first kappa shape index (κ1) is 22.8. The molecule has 1 aliphatic heterocycles. The molecule has 1 aliphatic rings. The number of benzene rings is 2. The Kier molecular flexibility index (Phi) is 6.63. The molecule has 0 spiro atoms. The fourth-order valence-corrected chi connectivity index (χ4v) is 4.44. The summed E-state index contributed by atoms with van der Waals surface area (Å²) in [6, 6.07) is 14.4. The third-order valence-corrected chi connectivity index (χ3v) is 6.31. The molecule has 1 aromatic heterocycles. The number of rotatable bonds is 4. The molecule has 2 aromatic carbocycles. The molecule has 172 valence electrons. The maximum Gasteiger partial charge on any atom is 0.321 e. The molecule has 0 unspecified atom stereocenters. The lowest BCUT2D eigenvalue weighted by Gasteiger charge is -2.36. The Morgan fingerprint density at radius 2 is 1.67 bits per heavy atom. The van der Waals surface area contributed by atoms with E-state index in [1.807, 2.05) is 30.0 Å². The molecule has 33 heavy (non-hydrogen) atoms. The largest absolute Gasteiger partial charge is 0.353 e. The van der Waals surface area contributed by atoms with Crippen molar-refractivity contribution in [2.45, 2.75) is 41.0 Å². The molecule has 0 bridgehead atoms. The van der Waals surface area contributed by atoms with Crippen molar-refractivity contribution in [1.29, 1.82) is 0 Å². The third-order valence-electron chi connectivity index (χ3n) is 6.31. The summed E-state index contributed by atoms with van der Waals surface area (Å²) in [6.45, 7) is 13.2. The summed E-state index contributed by atoms with van der Waals surface area (Å²) in [7, 11) is 0. The van der Waals surface area contributed by atoms with Gasteiger partial charge < -0.3 is 15.1 Å². The number of hydrogen-bond acceptors (Lipinski definition) is 4. The van der Waals surface area contributed by atoms with Gasteiger partial charge in [0, 0.05) is 48.7 Å². The highest BCUT2D eigenvalue weighted by Gasteiger charge is 2.25. The van der Waals surface area contributed by atoms with E-state index in [1.165, 1.54) is 16.7 Å². The molecular formula is C27H33N5O. The Morgan fingerprint density at radius 1 is 0.939 bits per heavy atom. The second-order valence-corrected chi connectivity index (χ2v) is 8.88. The third kappa shape index (κ3) is 5.00. The number of amides is 2. The minimum absolute atomic E-state index is 0.0448. The van der Waals surface area contributed by atoms with E-state index in [4.69, 9.17) is 9.97 Å². The number of aryl methyl sites for hydroxylation is 4. The van der Waals surface area contributed by atoms with E-state index in [9.17, 15) is 4.79 Å². The maximum atomic E-state index is 12.9. The highest BCUT2D eigenvalue weighted by Crippen LogP contribution is 2.27. The fourth-order valence-electron chi connectivity index (χ4n) is 4.44. The molecule has 0 saturated carbocycles. The van der Waals surface area contributed by atoms with Crippen molar-refractivity contribution in [3.63, 3.8) is 0 Å². The first-order valence-corrected chi connectivity index (χ1v) is 11.7. The van der Waals surface area contributed by atoms with Gasteiger partial charge in [-0.25, -0.2) is 14.8 Å². The first-order valence-electron chi connectivity index (χ1n) is 11.7. The SMILES string of the molecule is CCc1c(C)nc(-c2cccc(C)c2)nc1N1CCN(C(=O)Nc2ccc(C)cc2C)CC1. The lowest BCUT2D eigenvalue weighted by atomic mass is 10.1. The van der Waals surface area contributed by atoms with Gasteiger partial charge in [-0.3, -0.25) is 0 Å². The smallest absolute Gasteiger partial charge is 0.321 e. The van der Waals surface area contributed by atoms with Crippen LogP contribution in [0.2, 0.25) is 0 Å². The van der Waals surface area contributed by atoms with Crippen molar-refractivity contribution in [3.05, 3.63) is 70.4 Å². The Balaban J connectivity index is 1.50. The van der Waals surface area contributed by atoms with E-state index in [1.54, 1.807) is 0 Å². The quantitative estimate of drug-likeness (QED) is 0.595. The molecule has 0 radical (unpaired) electrons. The van der Waals surface area contributed by atoms with E-state index in [2.05, 4.69) is 62.2 Å². The van der Waals surface area contributed by atoms with E-state index in [-0.39, 0.29) is 6.03 Å². The molecule has 0 aliphatic carbocycles. The van der Waals surface area contributed by atoms with Gasteiger partial charge in [-0.1, -0.05) is 48.4 Å². The molecule has 6 heteroatoms. The molecule has 4 rings (SSSR count).